The average molecular weight is 348 g/mol. The third-order valence-electron chi connectivity index (χ3n) is 4.55. The van der Waals surface area contributed by atoms with Crippen molar-refractivity contribution < 1.29 is 19.4 Å². The van der Waals surface area contributed by atoms with Crippen LogP contribution in [0.2, 0.25) is 0 Å². The molecule has 1 atom stereocenters. The standard InChI is InChI=1S/C19H28N2O4/c22-18(23)7-6-17(14-16-4-2-1-3-5-16)21-19(24)20-11-8-15-9-12-25-13-10-15/h1-5,15,17H,6-14H2,(H,22,23)(H2,20,21,24). The van der Waals surface area contributed by atoms with E-state index in [0.717, 1.165) is 38.0 Å². The fourth-order valence-electron chi connectivity index (χ4n) is 3.08. The molecule has 0 spiro atoms. The Balaban J connectivity index is 1.75. The fraction of sp³-hybridized carbons (Fsp3) is 0.579. The van der Waals surface area contributed by atoms with Crippen LogP contribution < -0.4 is 10.6 Å². The summed E-state index contributed by atoms with van der Waals surface area (Å²) in [4.78, 5) is 23.0. The van der Waals surface area contributed by atoms with Crippen LogP contribution in [0.3, 0.4) is 0 Å². The monoisotopic (exact) mass is 348 g/mol. The van der Waals surface area contributed by atoms with Gasteiger partial charge >= 0.3 is 12.0 Å². The summed E-state index contributed by atoms with van der Waals surface area (Å²) in [5.74, 6) is -0.235. The minimum absolute atomic E-state index is 0.0415. The summed E-state index contributed by atoms with van der Waals surface area (Å²) < 4.78 is 5.33. The first-order valence-corrected chi connectivity index (χ1v) is 9.01. The molecule has 1 aromatic carbocycles. The highest BCUT2D eigenvalue weighted by atomic mass is 16.5. The number of rotatable bonds is 9. The molecule has 1 unspecified atom stereocenters. The molecule has 1 heterocycles. The van der Waals surface area contributed by atoms with Gasteiger partial charge in [-0.05, 0) is 43.6 Å². The van der Waals surface area contributed by atoms with Gasteiger partial charge in [-0.25, -0.2) is 4.79 Å². The molecule has 1 saturated heterocycles. The topological polar surface area (TPSA) is 87.7 Å². The van der Waals surface area contributed by atoms with Crippen molar-refractivity contribution >= 4 is 12.0 Å². The minimum atomic E-state index is -0.847. The van der Waals surface area contributed by atoms with Gasteiger partial charge in [-0.1, -0.05) is 30.3 Å². The maximum Gasteiger partial charge on any atom is 0.315 e. The Labute approximate surface area is 149 Å². The molecule has 2 rings (SSSR count). The van der Waals surface area contributed by atoms with Gasteiger partial charge in [0.2, 0.25) is 0 Å². The molecule has 1 aliphatic rings. The van der Waals surface area contributed by atoms with E-state index >= 15 is 0 Å². The summed E-state index contributed by atoms with van der Waals surface area (Å²) in [6.07, 6.45) is 4.14. The number of carbonyl (C=O) groups is 2. The highest BCUT2D eigenvalue weighted by Crippen LogP contribution is 2.17. The number of urea groups is 1. The van der Waals surface area contributed by atoms with Crippen molar-refractivity contribution in [1.82, 2.24) is 10.6 Å². The van der Waals surface area contributed by atoms with Gasteiger partial charge in [-0.15, -0.1) is 0 Å². The lowest BCUT2D eigenvalue weighted by Gasteiger charge is -2.22. The zero-order valence-corrected chi connectivity index (χ0v) is 14.6. The van der Waals surface area contributed by atoms with E-state index in [0.29, 0.717) is 25.3 Å². The van der Waals surface area contributed by atoms with Gasteiger partial charge in [-0.2, -0.15) is 0 Å². The summed E-state index contributed by atoms with van der Waals surface area (Å²) >= 11 is 0. The summed E-state index contributed by atoms with van der Waals surface area (Å²) in [5.41, 5.74) is 1.08. The quantitative estimate of drug-likeness (QED) is 0.640. The number of ether oxygens (including phenoxy) is 1. The van der Waals surface area contributed by atoms with Crippen molar-refractivity contribution in [1.29, 1.82) is 0 Å². The van der Waals surface area contributed by atoms with Crippen molar-refractivity contribution in [3.05, 3.63) is 35.9 Å². The maximum atomic E-state index is 12.1. The van der Waals surface area contributed by atoms with Crippen molar-refractivity contribution in [2.75, 3.05) is 19.8 Å². The first kappa shape index (κ1) is 19.2. The lowest BCUT2D eigenvalue weighted by molar-refractivity contribution is -0.137. The number of carboxylic acids is 1. The molecule has 0 aliphatic carbocycles. The average Bonchev–Trinajstić information content (AvgIpc) is 2.61. The number of nitrogens with one attached hydrogen (secondary N) is 2. The molecule has 0 radical (unpaired) electrons. The highest BCUT2D eigenvalue weighted by Gasteiger charge is 2.16. The van der Waals surface area contributed by atoms with Crippen molar-refractivity contribution in [2.24, 2.45) is 5.92 Å². The molecular weight excluding hydrogens is 320 g/mol. The fourth-order valence-corrected chi connectivity index (χ4v) is 3.08. The molecule has 1 aromatic rings. The third-order valence-corrected chi connectivity index (χ3v) is 4.55. The second-order valence-electron chi connectivity index (χ2n) is 6.56. The van der Waals surface area contributed by atoms with Gasteiger partial charge in [-0.3, -0.25) is 4.79 Å². The smallest absolute Gasteiger partial charge is 0.315 e. The van der Waals surface area contributed by atoms with E-state index in [1.807, 2.05) is 30.3 Å². The van der Waals surface area contributed by atoms with Crippen LogP contribution in [0.1, 0.15) is 37.7 Å². The molecule has 25 heavy (non-hydrogen) atoms. The summed E-state index contributed by atoms with van der Waals surface area (Å²) in [5, 5.41) is 14.7. The number of benzene rings is 1. The number of aliphatic carboxylic acids is 1. The molecule has 0 aromatic heterocycles. The lowest BCUT2D eigenvalue weighted by Crippen LogP contribution is -2.44. The van der Waals surface area contributed by atoms with Crippen LogP contribution in [-0.4, -0.2) is 42.9 Å². The van der Waals surface area contributed by atoms with E-state index in [2.05, 4.69) is 10.6 Å². The van der Waals surface area contributed by atoms with Gasteiger partial charge < -0.3 is 20.5 Å². The van der Waals surface area contributed by atoms with Gasteiger partial charge in [0, 0.05) is 32.2 Å². The Morgan fingerprint density at radius 1 is 1.20 bits per heavy atom. The minimum Gasteiger partial charge on any atom is -0.481 e. The zero-order chi connectivity index (χ0) is 17.9. The van der Waals surface area contributed by atoms with E-state index in [-0.39, 0.29) is 18.5 Å². The Kier molecular flexibility index (Phi) is 8.25. The molecule has 0 bridgehead atoms. The maximum absolute atomic E-state index is 12.1. The van der Waals surface area contributed by atoms with Gasteiger partial charge in [0.05, 0.1) is 0 Å². The predicted molar refractivity (Wildman–Crippen MR) is 95.5 cm³/mol. The van der Waals surface area contributed by atoms with Crippen LogP contribution in [0.25, 0.3) is 0 Å². The van der Waals surface area contributed by atoms with Gasteiger partial charge in [0.25, 0.3) is 0 Å². The van der Waals surface area contributed by atoms with Crippen LogP contribution in [0.4, 0.5) is 4.79 Å². The number of carbonyl (C=O) groups excluding carboxylic acids is 1. The Hall–Kier alpha value is -2.08. The van der Waals surface area contributed by atoms with Crippen molar-refractivity contribution in [2.45, 2.75) is 44.6 Å². The van der Waals surface area contributed by atoms with Crippen LogP contribution in [-0.2, 0) is 16.0 Å². The van der Waals surface area contributed by atoms with E-state index in [4.69, 9.17) is 9.84 Å². The Morgan fingerprint density at radius 3 is 2.60 bits per heavy atom. The van der Waals surface area contributed by atoms with E-state index < -0.39 is 5.97 Å². The summed E-state index contributed by atoms with van der Waals surface area (Å²) in [7, 11) is 0. The molecule has 1 fully saturated rings. The molecule has 6 heteroatoms. The molecule has 138 valence electrons. The van der Waals surface area contributed by atoms with Gasteiger partial charge in [0.15, 0.2) is 0 Å². The molecule has 2 amide bonds. The van der Waals surface area contributed by atoms with Crippen molar-refractivity contribution in [3.63, 3.8) is 0 Å². The van der Waals surface area contributed by atoms with Gasteiger partial charge in [0.1, 0.15) is 0 Å². The summed E-state index contributed by atoms with van der Waals surface area (Å²) in [6, 6.07) is 9.37. The number of carboxylic acid groups (broad SMARTS) is 1. The Bertz CT molecular complexity index is 529. The first-order chi connectivity index (χ1) is 12.1. The van der Waals surface area contributed by atoms with Crippen LogP contribution in [0.15, 0.2) is 30.3 Å². The molecule has 6 nitrogen and oxygen atoms in total. The second kappa shape index (κ2) is 10.7. The molecule has 1 aliphatic heterocycles. The summed E-state index contributed by atoms with van der Waals surface area (Å²) in [6.45, 7) is 2.25. The predicted octanol–water partition coefficient (Wildman–Crippen LogP) is 2.58. The zero-order valence-electron chi connectivity index (χ0n) is 14.6. The largest absolute Gasteiger partial charge is 0.481 e. The number of hydrogen-bond acceptors (Lipinski definition) is 3. The molecule has 0 saturated carbocycles. The molecule has 3 N–H and O–H groups in total. The Morgan fingerprint density at radius 2 is 1.92 bits per heavy atom. The van der Waals surface area contributed by atoms with E-state index in [1.165, 1.54) is 0 Å². The second-order valence-corrected chi connectivity index (χ2v) is 6.56. The number of hydrogen-bond donors (Lipinski definition) is 3. The third kappa shape index (κ3) is 8.03. The number of amides is 2. The highest BCUT2D eigenvalue weighted by molar-refractivity contribution is 5.74. The molecular formula is C19H28N2O4. The normalized spacial score (nSPS) is 16.2. The van der Waals surface area contributed by atoms with Crippen LogP contribution in [0.5, 0.6) is 0 Å². The van der Waals surface area contributed by atoms with Crippen molar-refractivity contribution in [3.8, 4) is 0 Å². The van der Waals surface area contributed by atoms with Crippen LogP contribution in [0, 0.1) is 5.92 Å². The van der Waals surface area contributed by atoms with Crippen LogP contribution >= 0.6 is 0 Å². The lowest BCUT2D eigenvalue weighted by atomic mass is 9.97. The first-order valence-electron chi connectivity index (χ1n) is 9.01. The van der Waals surface area contributed by atoms with E-state index in [9.17, 15) is 9.59 Å². The van der Waals surface area contributed by atoms with E-state index in [1.54, 1.807) is 0 Å². The SMILES string of the molecule is O=C(O)CCC(Cc1ccccc1)NC(=O)NCCC1CCOCC1.